The van der Waals surface area contributed by atoms with Crippen LogP contribution in [-0.4, -0.2) is 22.6 Å². The monoisotopic (exact) mass is 372 g/mol. The van der Waals surface area contributed by atoms with Gasteiger partial charge >= 0.3 is 0 Å². The molecule has 27 heavy (non-hydrogen) atoms. The Kier molecular flexibility index (Phi) is 9.79. The van der Waals surface area contributed by atoms with Crippen LogP contribution in [0.5, 0.6) is 0 Å². The molecule has 0 amide bonds. The third kappa shape index (κ3) is 6.90. The minimum absolute atomic E-state index is 0.177. The first-order valence-corrected chi connectivity index (χ1v) is 10.7. The van der Waals surface area contributed by atoms with Crippen LogP contribution in [0.4, 0.5) is 0 Å². The number of hydrogen-bond donors (Lipinski definition) is 2. The number of allylic oxidation sites excluding steroid dienone is 2. The van der Waals surface area contributed by atoms with Crippen molar-refractivity contribution in [2.24, 2.45) is 5.92 Å². The van der Waals surface area contributed by atoms with Gasteiger partial charge in [0.2, 0.25) is 0 Å². The topological polar surface area (TPSA) is 57.5 Å². The van der Waals surface area contributed by atoms with Crippen molar-refractivity contribution < 1.29 is 15.0 Å². The van der Waals surface area contributed by atoms with Crippen molar-refractivity contribution >= 4 is 6.29 Å². The maximum Gasteiger partial charge on any atom is 0.120 e. The first-order chi connectivity index (χ1) is 13.2. The quantitative estimate of drug-likeness (QED) is 0.290. The highest BCUT2D eigenvalue weighted by molar-refractivity contribution is 5.49. The van der Waals surface area contributed by atoms with Gasteiger partial charge in [-0.25, -0.2) is 0 Å². The van der Waals surface area contributed by atoms with E-state index < -0.39 is 0 Å². The van der Waals surface area contributed by atoms with Crippen LogP contribution >= 0.6 is 0 Å². The highest BCUT2D eigenvalue weighted by Crippen LogP contribution is 2.42. The first-order valence-electron chi connectivity index (χ1n) is 10.7. The second kappa shape index (κ2) is 12.1. The Labute approximate surface area is 164 Å². The Morgan fingerprint density at radius 3 is 2.56 bits per heavy atom. The first kappa shape index (κ1) is 21.8. The number of aliphatic hydroxyl groups is 2. The van der Waals surface area contributed by atoms with Crippen LogP contribution in [0.3, 0.4) is 0 Å². The molecule has 3 nitrogen and oxygen atoms in total. The smallest absolute Gasteiger partial charge is 0.120 e. The standard InChI is InChI=1S/C24H36O3/c1-2-3-7-11-22(26)19-12-14-21(15-13-19)24-20(16-17-23(24)27)10-8-5-4-6-9-18-25/h5,8,12-15,18,20,22-24,26-27H,2-4,6-7,9-11,16-17H2,1H3/b8-5-/t20-,22?,23?,24-/m0/s1. The van der Waals surface area contributed by atoms with Gasteiger partial charge < -0.3 is 15.0 Å². The molecule has 3 heteroatoms. The number of carbonyl (C=O) groups excluding carboxylic acids is 1. The molecule has 0 spiro atoms. The van der Waals surface area contributed by atoms with Gasteiger partial charge in [-0.05, 0) is 55.6 Å². The fourth-order valence-corrected chi connectivity index (χ4v) is 4.22. The number of aldehydes is 1. The summed E-state index contributed by atoms with van der Waals surface area (Å²) < 4.78 is 0. The lowest BCUT2D eigenvalue weighted by Crippen LogP contribution is -2.17. The van der Waals surface area contributed by atoms with Crippen molar-refractivity contribution in [1.29, 1.82) is 0 Å². The van der Waals surface area contributed by atoms with Gasteiger partial charge in [0.05, 0.1) is 12.2 Å². The van der Waals surface area contributed by atoms with Crippen LogP contribution in [0.15, 0.2) is 36.4 Å². The van der Waals surface area contributed by atoms with E-state index in [1.165, 1.54) is 5.56 Å². The molecular weight excluding hydrogens is 336 g/mol. The van der Waals surface area contributed by atoms with Crippen LogP contribution in [0.2, 0.25) is 0 Å². The van der Waals surface area contributed by atoms with Crippen LogP contribution < -0.4 is 0 Å². The van der Waals surface area contributed by atoms with E-state index in [1.807, 2.05) is 12.1 Å². The Balaban J connectivity index is 1.92. The average molecular weight is 373 g/mol. The second-order valence-corrected chi connectivity index (χ2v) is 7.91. The van der Waals surface area contributed by atoms with E-state index in [2.05, 4.69) is 31.2 Å². The molecule has 1 saturated carbocycles. The van der Waals surface area contributed by atoms with Gasteiger partial charge in [-0.3, -0.25) is 0 Å². The second-order valence-electron chi connectivity index (χ2n) is 7.91. The Hall–Kier alpha value is -1.45. The lowest BCUT2D eigenvalue weighted by Gasteiger charge is -2.22. The van der Waals surface area contributed by atoms with Crippen molar-refractivity contribution in [2.45, 2.75) is 89.3 Å². The van der Waals surface area contributed by atoms with E-state index in [0.717, 1.165) is 69.6 Å². The maximum atomic E-state index is 10.5. The minimum Gasteiger partial charge on any atom is -0.392 e. The zero-order valence-corrected chi connectivity index (χ0v) is 16.7. The molecule has 150 valence electrons. The lowest BCUT2D eigenvalue weighted by molar-refractivity contribution is -0.107. The van der Waals surface area contributed by atoms with Crippen molar-refractivity contribution in [2.75, 3.05) is 0 Å². The highest BCUT2D eigenvalue weighted by Gasteiger charge is 2.35. The van der Waals surface area contributed by atoms with Gasteiger partial charge in [0, 0.05) is 12.3 Å². The molecule has 0 bridgehead atoms. The Morgan fingerprint density at radius 1 is 1.07 bits per heavy atom. The summed E-state index contributed by atoms with van der Waals surface area (Å²) in [6.07, 6.45) is 14.3. The molecule has 1 aromatic rings. The fraction of sp³-hybridized carbons (Fsp3) is 0.625. The molecule has 1 aromatic carbocycles. The van der Waals surface area contributed by atoms with Crippen molar-refractivity contribution in [3.8, 4) is 0 Å². The third-order valence-corrected chi connectivity index (χ3v) is 5.84. The summed E-state index contributed by atoms with van der Waals surface area (Å²) in [5.41, 5.74) is 2.16. The summed E-state index contributed by atoms with van der Waals surface area (Å²) in [5, 5.41) is 20.8. The van der Waals surface area contributed by atoms with E-state index >= 15 is 0 Å². The minimum atomic E-state index is -0.385. The highest BCUT2D eigenvalue weighted by atomic mass is 16.3. The van der Waals surface area contributed by atoms with E-state index in [9.17, 15) is 15.0 Å². The number of benzene rings is 1. The molecule has 2 unspecified atom stereocenters. The number of rotatable bonds is 12. The Morgan fingerprint density at radius 2 is 1.85 bits per heavy atom. The van der Waals surface area contributed by atoms with Gasteiger partial charge in [-0.2, -0.15) is 0 Å². The molecule has 0 aromatic heterocycles. The largest absolute Gasteiger partial charge is 0.392 e. The molecule has 0 saturated heterocycles. The molecule has 0 aliphatic heterocycles. The fourth-order valence-electron chi connectivity index (χ4n) is 4.22. The molecule has 2 N–H and O–H groups in total. The Bertz CT molecular complexity index is 563. The molecule has 1 aliphatic rings. The number of hydrogen-bond acceptors (Lipinski definition) is 3. The normalized spacial score (nSPS) is 23.7. The van der Waals surface area contributed by atoms with Gasteiger partial charge in [-0.15, -0.1) is 0 Å². The van der Waals surface area contributed by atoms with Crippen LogP contribution in [0.25, 0.3) is 0 Å². The van der Waals surface area contributed by atoms with Gasteiger partial charge in [0.15, 0.2) is 0 Å². The average Bonchev–Trinajstić information content (AvgIpc) is 3.05. The summed E-state index contributed by atoms with van der Waals surface area (Å²) in [6.45, 7) is 2.17. The molecule has 0 heterocycles. The van der Waals surface area contributed by atoms with Crippen molar-refractivity contribution in [3.05, 3.63) is 47.5 Å². The van der Waals surface area contributed by atoms with Gasteiger partial charge in [0.1, 0.15) is 6.29 Å². The molecule has 4 atom stereocenters. The number of aliphatic hydroxyl groups excluding tert-OH is 2. The number of carbonyl (C=O) groups is 1. The van der Waals surface area contributed by atoms with Crippen molar-refractivity contribution in [3.63, 3.8) is 0 Å². The number of unbranched alkanes of at least 4 members (excludes halogenated alkanes) is 4. The van der Waals surface area contributed by atoms with E-state index in [0.29, 0.717) is 12.3 Å². The van der Waals surface area contributed by atoms with Crippen LogP contribution in [0.1, 0.15) is 94.3 Å². The summed E-state index contributed by atoms with van der Waals surface area (Å²) in [5.74, 6) is 0.638. The lowest BCUT2D eigenvalue weighted by atomic mass is 9.85. The zero-order valence-electron chi connectivity index (χ0n) is 16.7. The van der Waals surface area contributed by atoms with E-state index in [1.54, 1.807) is 0 Å². The third-order valence-electron chi connectivity index (χ3n) is 5.84. The van der Waals surface area contributed by atoms with Crippen LogP contribution in [-0.2, 0) is 4.79 Å². The van der Waals surface area contributed by atoms with Gasteiger partial charge in [-0.1, -0.05) is 62.6 Å². The summed E-state index contributed by atoms with van der Waals surface area (Å²) >= 11 is 0. The molecule has 0 radical (unpaired) electrons. The van der Waals surface area contributed by atoms with E-state index in [-0.39, 0.29) is 18.1 Å². The van der Waals surface area contributed by atoms with Crippen LogP contribution in [0, 0.1) is 5.92 Å². The summed E-state index contributed by atoms with van der Waals surface area (Å²) in [7, 11) is 0. The maximum absolute atomic E-state index is 10.5. The van der Waals surface area contributed by atoms with E-state index in [4.69, 9.17) is 0 Å². The van der Waals surface area contributed by atoms with Crippen molar-refractivity contribution in [1.82, 2.24) is 0 Å². The molecule has 2 rings (SSSR count). The SMILES string of the molecule is CCCCCC(O)c1ccc([C@H]2C(O)CC[C@@H]2C/C=C\CCCC=O)cc1. The molecule has 1 aliphatic carbocycles. The zero-order chi connectivity index (χ0) is 19.5. The predicted molar refractivity (Wildman–Crippen MR) is 111 cm³/mol. The summed E-state index contributed by atoms with van der Waals surface area (Å²) in [4.78, 5) is 10.3. The van der Waals surface area contributed by atoms with Gasteiger partial charge in [0.25, 0.3) is 0 Å². The molecule has 1 fully saturated rings. The predicted octanol–water partition coefficient (Wildman–Crippen LogP) is 5.47. The summed E-state index contributed by atoms with van der Waals surface area (Å²) in [6, 6.07) is 8.25. The molecular formula is C24H36O3.